The molecule has 9 heteroatoms. The summed E-state index contributed by atoms with van der Waals surface area (Å²) in [5, 5.41) is 6.94. The zero-order valence-corrected chi connectivity index (χ0v) is 17.1. The van der Waals surface area contributed by atoms with Crippen LogP contribution in [0.2, 0.25) is 0 Å². The van der Waals surface area contributed by atoms with Crippen LogP contribution in [0.1, 0.15) is 30.3 Å². The fourth-order valence-corrected chi connectivity index (χ4v) is 3.44. The van der Waals surface area contributed by atoms with Gasteiger partial charge in [-0.05, 0) is 42.6 Å². The Kier molecular flexibility index (Phi) is 8.75. The van der Waals surface area contributed by atoms with Crippen LogP contribution in [0, 0.1) is 5.82 Å². The molecule has 0 bridgehead atoms. The molecule has 1 aromatic heterocycles. The summed E-state index contributed by atoms with van der Waals surface area (Å²) in [4.78, 5) is 38.4. The van der Waals surface area contributed by atoms with Gasteiger partial charge in [-0.2, -0.15) is 0 Å². The number of alkyl carbamates (subject to hydrolysis) is 1. The first-order valence-corrected chi connectivity index (χ1v) is 10.1. The molecule has 0 spiro atoms. The van der Waals surface area contributed by atoms with Crippen LogP contribution >= 0.6 is 11.3 Å². The summed E-state index contributed by atoms with van der Waals surface area (Å²) in [5.41, 5.74) is 0.755. The Balaban J connectivity index is 2.00. The van der Waals surface area contributed by atoms with Crippen molar-refractivity contribution in [2.75, 3.05) is 26.2 Å². The molecule has 29 heavy (non-hydrogen) atoms. The van der Waals surface area contributed by atoms with Crippen molar-refractivity contribution in [1.82, 2.24) is 15.5 Å². The minimum Gasteiger partial charge on any atom is -0.450 e. The maximum absolute atomic E-state index is 13.3. The Labute approximate surface area is 172 Å². The largest absolute Gasteiger partial charge is 0.450 e. The Morgan fingerprint density at radius 3 is 2.38 bits per heavy atom. The molecule has 3 amide bonds. The summed E-state index contributed by atoms with van der Waals surface area (Å²) < 4.78 is 17.9. The van der Waals surface area contributed by atoms with Gasteiger partial charge in [0.25, 0.3) is 0 Å². The Hall–Kier alpha value is -2.78. The summed E-state index contributed by atoms with van der Waals surface area (Å²) >= 11 is 1.48. The van der Waals surface area contributed by atoms with E-state index in [1.54, 1.807) is 24.0 Å². The number of benzene rings is 1. The third-order valence-corrected chi connectivity index (χ3v) is 4.97. The van der Waals surface area contributed by atoms with E-state index in [1.165, 1.54) is 23.5 Å². The van der Waals surface area contributed by atoms with E-state index in [2.05, 4.69) is 15.4 Å². The average Bonchev–Trinajstić information content (AvgIpc) is 3.21. The second-order valence-corrected chi connectivity index (χ2v) is 7.12. The lowest BCUT2D eigenvalue weighted by Gasteiger charge is -2.22. The quantitative estimate of drug-likeness (QED) is 0.650. The van der Waals surface area contributed by atoms with Crippen molar-refractivity contribution in [3.05, 3.63) is 58.0 Å². The fraction of sp³-hybridized carbons (Fsp3) is 0.350. The molecule has 1 aromatic carbocycles. The summed E-state index contributed by atoms with van der Waals surface area (Å²) in [6, 6.07) is 9.30. The lowest BCUT2D eigenvalue weighted by atomic mass is 10.1. The molecule has 7 nitrogen and oxygen atoms in total. The van der Waals surface area contributed by atoms with Gasteiger partial charge in [0.1, 0.15) is 5.82 Å². The predicted molar refractivity (Wildman–Crippen MR) is 108 cm³/mol. The van der Waals surface area contributed by atoms with E-state index in [0.29, 0.717) is 6.54 Å². The van der Waals surface area contributed by atoms with Crippen LogP contribution in [-0.2, 0) is 14.3 Å². The maximum atomic E-state index is 13.3. The van der Waals surface area contributed by atoms with E-state index in [9.17, 15) is 18.8 Å². The molecule has 0 radical (unpaired) electrons. The fourth-order valence-electron chi connectivity index (χ4n) is 2.64. The van der Waals surface area contributed by atoms with E-state index in [1.807, 2.05) is 24.4 Å². The van der Waals surface area contributed by atoms with Crippen molar-refractivity contribution in [1.29, 1.82) is 0 Å². The number of nitrogens with zero attached hydrogens (tertiary/aromatic N) is 1. The highest BCUT2D eigenvalue weighted by atomic mass is 32.1. The Morgan fingerprint density at radius 2 is 1.79 bits per heavy atom. The van der Waals surface area contributed by atoms with Gasteiger partial charge in [-0.15, -0.1) is 11.3 Å². The highest BCUT2D eigenvalue weighted by molar-refractivity contribution is 7.10. The summed E-state index contributed by atoms with van der Waals surface area (Å²) in [5.74, 6) is -1.19. The van der Waals surface area contributed by atoms with E-state index in [-0.39, 0.29) is 31.4 Å². The van der Waals surface area contributed by atoms with Gasteiger partial charge in [0.15, 0.2) is 0 Å². The Morgan fingerprint density at radius 1 is 1.10 bits per heavy atom. The number of carbonyl (C=O) groups is 3. The molecule has 0 saturated heterocycles. The van der Waals surface area contributed by atoms with Crippen molar-refractivity contribution < 1.29 is 23.5 Å². The molecule has 0 fully saturated rings. The van der Waals surface area contributed by atoms with Crippen molar-refractivity contribution >= 4 is 29.2 Å². The molecular weight excluding hydrogens is 397 g/mol. The maximum Gasteiger partial charge on any atom is 0.413 e. The number of ether oxygens (including phenoxy) is 1. The highest BCUT2D eigenvalue weighted by Gasteiger charge is 2.21. The van der Waals surface area contributed by atoms with Crippen LogP contribution in [0.25, 0.3) is 0 Å². The SMILES string of the molecule is CCOC(=O)NC(=O)CN(CC)CC(=O)N[C@@H](c1ccc(F)cc1)c1cccs1. The van der Waals surface area contributed by atoms with Gasteiger partial charge < -0.3 is 10.1 Å². The molecule has 156 valence electrons. The van der Waals surface area contributed by atoms with Crippen molar-refractivity contribution in [3.63, 3.8) is 0 Å². The third-order valence-electron chi connectivity index (χ3n) is 4.03. The van der Waals surface area contributed by atoms with Crippen molar-refractivity contribution in [3.8, 4) is 0 Å². The van der Waals surface area contributed by atoms with Crippen LogP contribution in [0.4, 0.5) is 9.18 Å². The van der Waals surface area contributed by atoms with E-state index in [0.717, 1.165) is 10.4 Å². The molecule has 0 aliphatic heterocycles. The minimum absolute atomic E-state index is 0.0319. The molecule has 2 rings (SSSR count). The molecule has 1 heterocycles. The van der Waals surface area contributed by atoms with Crippen LogP contribution in [0.15, 0.2) is 41.8 Å². The van der Waals surface area contributed by atoms with Gasteiger partial charge in [0.2, 0.25) is 11.8 Å². The van der Waals surface area contributed by atoms with Gasteiger partial charge >= 0.3 is 6.09 Å². The standard InChI is InChI=1S/C20H24FN3O4S/c1-3-24(13-18(26)23-20(27)28-4-2)12-17(25)22-19(16-6-5-11-29-16)14-7-9-15(21)10-8-14/h5-11,19H,3-4,12-13H2,1-2H3,(H,22,25)(H,23,26,27)/t19-/m0/s1. The molecular formula is C20H24FN3O4S. The van der Waals surface area contributed by atoms with Gasteiger partial charge in [-0.3, -0.25) is 19.8 Å². The van der Waals surface area contributed by atoms with Gasteiger partial charge in [-0.25, -0.2) is 9.18 Å². The number of amides is 3. The van der Waals surface area contributed by atoms with Crippen molar-refractivity contribution in [2.24, 2.45) is 0 Å². The first kappa shape index (κ1) is 22.5. The number of nitrogens with one attached hydrogen (secondary N) is 2. The smallest absolute Gasteiger partial charge is 0.413 e. The van der Waals surface area contributed by atoms with Crippen LogP contribution < -0.4 is 10.6 Å². The number of imide groups is 1. The number of halogens is 1. The van der Waals surface area contributed by atoms with Crippen LogP contribution in [0.5, 0.6) is 0 Å². The summed E-state index contributed by atoms with van der Waals surface area (Å²) in [7, 11) is 0. The van der Waals surface area contributed by atoms with Gasteiger partial charge in [-0.1, -0.05) is 25.1 Å². The number of carbonyl (C=O) groups excluding carboxylic acids is 3. The predicted octanol–water partition coefficient (Wildman–Crippen LogP) is 2.69. The summed E-state index contributed by atoms with van der Waals surface area (Å²) in [6.07, 6.45) is -0.813. The highest BCUT2D eigenvalue weighted by Crippen LogP contribution is 2.26. The van der Waals surface area contributed by atoms with Gasteiger partial charge in [0, 0.05) is 4.88 Å². The number of thiophene rings is 1. The molecule has 0 aliphatic carbocycles. The molecule has 2 aromatic rings. The van der Waals surface area contributed by atoms with E-state index in [4.69, 9.17) is 0 Å². The van der Waals surface area contributed by atoms with Crippen LogP contribution in [0.3, 0.4) is 0 Å². The molecule has 0 aliphatic rings. The minimum atomic E-state index is -0.813. The normalized spacial score (nSPS) is 11.7. The number of rotatable bonds is 9. The number of hydrogen-bond acceptors (Lipinski definition) is 6. The molecule has 0 saturated carbocycles. The van der Waals surface area contributed by atoms with Gasteiger partial charge in [0.05, 0.1) is 25.7 Å². The Bertz CT molecular complexity index is 812. The molecule has 1 atom stereocenters. The topological polar surface area (TPSA) is 87.7 Å². The monoisotopic (exact) mass is 421 g/mol. The zero-order chi connectivity index (χ0) is 21.2. The first-order valence-electron chi connectivity index (χ1n) is 9.20. The average molecular weight is 421 g/mol. The lowest BCUT2D eigenvalue weighted by molar-refractivity contribution is -0.125. The van der Waals surface area contributed by atoms with E-state index >= 15 is 0 Å². The number of hydrogen-bond donors (Lipinski definition) is 2. The number of likely N-dealkylation sites (N-methyl/N-ethyl adjacent to an activating group) is 1. The summed E-state index contributed by atoms with van der Waals surface area (Å²) in [6.45, 7) is 3.88. The second-order valence-electron chi connectivity index (χ2n) is 6.14. The lowest BCUT2D eigenvalue weighted by Crippen LogP contribution is -2.44. The molecule has 2 N–H and O–H groups in total. The van der Waals surface area contributed by atoms with Crippen LogP contribution in [-0.4, -0.2) is 49.0 Å². The van der Waals surface area contributed by atoms with E-state index < -0.39 is 18.0 Å². The van der Waals surface area contributed by atoms with Crippen molar-refractivity contribution in [2.45, 2.75) is 19.9 Å². The second kappa shape index (κ2) is 11.3. The first-order chi connectivity index (χ1) is 13.9. The third kappa shape index (κ3) is 7.28. The molecule has 0 unspecified atom stereocenters. The zero-order valence-electron chi connectivity index (χ0n) is 16.3.